The molecule has 1 atom stereocenters. The van der Waals surface area contributed by atoms with Gasteiger partial charge in [-0.1, -0.05) is 0 Å². The van der Waals surface area contributed by atoms with Crippen LogP contribution in [0.1, 0.15) is 12.0 Å². The molecule has 0 aromatic heterocycles. The average molecular weight is 265 g/mol. The van der Waals surface area contributed by atoms with Gasteiger partial charge in [-0.05, 0) is 26.6 Å². The van der Waals surface area contributed by atoms with Crippen LogP contribution in [0.2, 0.25) is 0 Å². The fourth-order valence-corrected chi connectivity index (χ4v) is 2.50. The van der Waals surface area contributed by atoms with Crippen LogP contribution >= 0.6 is 0 Å². The van der Waals surface area contributed by atoms with E-state index in [1.54, 1.807) is 6.07 Å². The van der Waals surface area contributed by atoms with E-state index in [0.29, 0.717) is 11.6 Å². The van der Waals surface area contributed by atoms with E-state index < -0.39 is 4.92 Å². The molecule has 6 heteroatoms. The van der Waals surface area contributed by atoms with Gasteiger partial charge in [-0.2, -0.15) is 0 Å². The highest BCUT2D eigenvalue weighted by atomic mass is 16.6. The molecule has 0 amide bonds. The Balaban J connectivity index is 2.23. The lowest BCUT2D eigenvalue weighted by molar-refractivity contribution is -0.384. The Kier molecular flexibility index (Phi) is 4.01. The molecule has 1 unspecified atom stereocenters. The lowest BCUT2D eigenvalue weighted by Gasteiger charge is -2.23. The first-order chi connectivity index (χ1) is 9.02. The first kappa shape index (κ1) is 13.8. The molecule has 2 rings (SSSR count). The molecule has 0 saturated carbocycles. The third-order valence-electron chi connectivity index (χ3n) is 3.68. The number of nitro benzene ring substituents is 1. The zero-order valence-electron chi connectivity index (χ0n) is 11.2. The highest BCUT2D eigenvalue weighted by molar-refractivity contribution is 5.58. The number of benzene rings is 1. The summed E-state index contributed by atoms with van der Waals surface area (Å²) in [7, 11) is 4.11. The molecule has 1 aliphatic heterocycles. The van der Waals surface area contributed by atoms with Gasteiger partial charge in [-0.3, -0.25) is 10.1 Å². The van der Waals surface area contributed by atoms with Gasteiger partial charge in [0.05, 0.1) is 11.5 Å². The highest BCUT2D eigenvalue weighted by Crippen LogP contribution is 2.29. The second-order valence-corrected chi connectivity index (χ2v) is 5.08. The van der Waals surface area contributed by atoms with E-state index in [-0.39, 0.29) is 12.3 Å². The lowest BCUT2D eigenvalue weighted by Crippen LogP contribution is -2.31. The zero-order chi connectivity index (χ0) is 14.0. The van der Waals surface area contributed by atoms with Crippen molar-refractivity contribution in [1.82, 2.24) is 4.90 Å². The van der Waals surface area contributed by atoms with Crippen molar-refractivity contribution < 1.29 is 10.0 Å². The molecule has 1 N–H and O–H groups in total. The molecule has 0 bridgehead atoms. The maximum Gasteiger partial charge on any atom is 0.269 e. The molecule has 6 nitrogen and oxygen atoms in total. The van der Waals surface area contributed by atoms with Crippen molar-refractivity contribution >= 4 is 11.4 Å². The van der Waals surface area contributed by atoms with E-state index in [4.69, 9.17) is 0 Å². The third kappa shape index (κ3) is 2.85. The van der Waals surface area contributed by atoms with Gasteiger partial charge in [0.2, 0.25) is 0 Å². The number of anilines is 1. The van der Waals surface area contributed by atoms with Gasteiger partial charge in [0, 0.05) is 42.5 Å². The van der Waals surface area contributed by atoms with Crippen molar-refractivity contribution in [2.45, 2.75) is 19.1 Å². The molecule has 1 aromatic rings. The molecule has 19 heavy (non-hydrogen) atoms. The minimum atomic E-state index is -0.435. The quantitative estimate of drug-likeness (QED) is 0.655. The molecule has 1 saturated heterocycles. The number of likely N-dealkylation sites (N-methyl/N-ethyl adjacent to an activating group) is 1. The Labute approximate surface area is 112 Å². The Hall–Kier alpha value is -1.66. The van der Waals surface area contributed by atoms with Crippen molar-refractivity contribution in [2.75, 3.05) is 32.1 Å². The highest BCUT2D eigenvalue weighted by Gasteiger charge is 2.26. The Bertz CT molecular complexity index is 476. The van der Waals surface area contributed by atoms with Crippen LogP contribution in [0.3, 0.4) is 0 Å². The summed E-state index contributed by atoms with van der Waals surface area (Å²) < 4.78 is 0. The number of hydrogen-bond acceptors (Lipinski definition) is 5. The Morgan fingerprint density at radius 1 is 1.53 bits per heavy atom. The Morgan fingerprint density at radius 3 is 2.79 bits per heavy atom. The molecule has 1 aliphatic rings. The number of aliphatic hydroxyl groups is 1. The molecule has 1 fully saturated rings. The first-order valence-electron chi connectivity index (χ1n) is 6.32. The van der Waals surface area contributed by atoms with Gasteiger partial charge in [0.15, 0.2) is 0 Å². The van der Waals surface area contributed by atoms with Crippen LogP contribution in [0.25, 0.3) is 0 Å². The fourth-order valence-electron chi connectivity index (χ4n) is 2.50. The number of non-ortho nitro benzene ring substituents is 1. The van der Waals surface area contributed by atoms with E-state index in [9.17, 15) is 15.2 Å². The third-order valence-corrected chi connectivity index (χ3v) is 3.68. The van der Waals surface area contributed by atoms with Gasteiger partial charge in [-0.15, -0.1) is 0 Å². The summed E-state index contributed by atoms with van der Waals surface area (Å²) in [5, 5.41) is 20.1. The monoisotopic (exact) mass is 265 g/mol. The number of hydrogen-bond donors (Lipinski definition) is 1. The van der Waals surface area contributed by atoms with Crippen LogP contribution in [0.5, 0.6) is 0 Å². The minimum Gasteiger partial charge on any atom is -0.392 e. The summed E-state index contributed by atoms with van der Waals surface area (Å²) in [5.74, 6) is 0. The second kappa shape index (κ2) is 5.54. The van der Waals surface area contributed by atoms with Crippen LogP contribution in [0, 0.1) is 10.1 Å². The lowest BCUT2D eigenvalue weighted by atomic mass is 10.1. The maximum absolute atomic E-state index is 10.7. The molecule has 1 heterocycles. The van der Waals surface area contributed by atoms with E-state index in [0.717, 1.165) is 25.2 Å². The molecular formula is C13H19N3O3. The number of aliphatic hydroxyl groups excluding tert-OH is 1. The predicted octanol–water partition coefficient (Wildman–Crippen LogP) is 1.23. The zero-order valence-corrected chi connectivity index (χ0v) is 11.2. The summed E-state index contributed by atoms with van der Waals surface area (Å²) in [6.07, 6.45) is 1.06. The molecular weight excluding hydrogens is 246 g/mol. The molecule has 0 aliphatic carbocycles. The van der Waals surface area contributed by atoms with Gasteiger partial charge in [0.25, 0.3) is 5.69 Å². The summed E-state index contributed by atoms with van der Waals surface area (Å²) in [4.78, 5) is 14.7. The first-order valence-corrected chi connectivity index (χ1v) is 6.32. The van der Waals surface area contributed by atoms with Gasteiger partial charge >= 0.3 is 0 Å². The standard InChI is InChI=1S/C13H19N3O3/c1-14(2)12-5-6-15(8-12)13-4-3-11(16(18)19)7-10(13)9-17/h3-4,7,12,17H,5-6,8-9H2,1-2H3. The largest absolute Gasteiger partial charge is 0.392 e. The summed E-state index contributed by atoms with van der Waals surface area (Å²) in [5.41, 5.74) is 1.54. The normalized spacial score (nSPS) is 19.2. The van der Waals surface area contributed by atoms with Crippen LogP contribution in [0.4, 0.5) is 11.4 Å². The fraction of sp³-hybridized carbons (Fsp3) is 0.538. The van der Waals surface area contributed by atoms with E-state index in [2.05, 4.69) is 23.9 Å². The second-order valence-electron chi connectivity index (χ2n) is 5.08. The number of nitro groups is 1. The van der Waals surface area contributed by atoms with Gasteiger partial charge in [0.1, 0.15) is 0 Å². The molecule has 104 valence electrons. The molecule has 0 spiro atoms. The van der Waals surface area contributed by atoms with Crippen LogP contribution in [0.15, 0.2) is 18.2 Å². The SMILES string of the molecule is CN(C)C1CCN(c2ccc([N+](=O)[O-])cc2CO)C1. The summed E-state index contributed by atoms with van der Waals surface area (Å²) >= 11 is 0. The smallest absolute Gasteiger partial charge is 0.269 e. The van der Waals surface area contributed by atoms with Crippen molar-refractivity contribution in [2.24, 2.45) is 0 Å². The van der Waals surface area contributed by atoms with Crippen LogP contribution in [-0.2, 0) is 6.61 Å². The minimum absolute atomic E-state index is 0.0242. The predicted molar refractivity (Wildman–Crippen MR) is 73.3 cm³/mol. The van der Waals surface area contributed by atoms with Gasteiger partial charge in [-0.25, -0.2) is 0 Å². The van der Waals surface area contributed by atoms with Crippen LogP contribution < -0.4 is 4.90 Å². The summed E-state index contributed by atoms with van der Waals surface area (Å²) in [6.45, 7) is 1.62. The van der Waals surface area contributed by atoms with Crippen molar-refractivity contribution in [3.05, 3.63) is 33.9 Å². The molecule has 1 aromatic carbocycles. The van der Waals surface area contributed by atoms with Crippen LogP contribution in [-0.4, -0.2) is 48.2 Å². The Morgan fingerprint density at radius 2 is 2.26 bits per heavy atom. The number of rotatable bonds is 4. The van der Waals surface area contributed by atoms with E-state index >= 15 is 0 Å². The van der Waals surface area contributed by atoms with Crippen molar-refractivity contribution in [3.8, 4) is 0 Å². The van der Waals surface area contributed by atoms with Crippen molar-refractivity contribution in [1.29, 1.82) is 0 Å². The van der Waals surface area contributed by atoms with E-state index in [1.165, 1.54) is 12.1 Å². The molecule has 0 radical (unpaired) electrons. The average Bonchev–Trinajstić information content (AvgIpc) is 2.87. The van der Waals surface area contributed by atoms with Crippen molar-refractivity contribution in [3.63, 3.8) is 0 Å². The maximum atomic E-state index is 10.7. The summed E-state index contributed by atoms with van der Waals surface area (Å²) in [6, 6.07) is 5.18. The topological polar surface area (TPSA) is 69.9 Å². The van der Waals surface area contributed by atoms with Gasteiger partial charge < -0.3 is 14.9 Å². The number of nitrogens with zero attached hydrogens (tertiary/aromatic N) is 3. The van der Waals surface area contributed by atoms with E-state index in [1.807, 2.05) is 0 Å².